The molecule has 2 aliphatic rings. The van der Waals surface area contributed by atoms with Gasteiger partial charge >= 0.3 is 0 Å². The van der Waals surface area contributed by atoms with Gasteiger partial charge in [-0.05, 0) is 49.6 Å². The molecule has 4 atom stereocenters. The number of nitrogens with zero attached hydrogens (tertiary/aromatic N) is 2. The number of aryl methyl sites for hydroxylation is 2. The third kappa shape index (κ3) is 4.69. The topological polar surface area (TPSA) is 32.8 Å². The molecule has 0 saturated carbocycles. The van der Waals surface area contributed by atoms with Crippen LogP contribution in [0.25, 0.3) is 0 Å². The summed E-state index contributed by atoms with van der Waals surface area (Å²) in [6, 6.07) is 38.5. The summed E-state index contributed by atoms with van der Waals surface area (Å²) in [6.45, 7) is 7.13. The largest absolute Gasteiger partial charge is 0.299 e. The normalized spacial score (nSPS) is 24.3. The van der Waals surface area contributed by atoms with Crippen LogP contribution >= 0.6 is 0 Å². The van der Waals surface area contributed by atoms with Gasteiger partial charge in [0.1, 0.15) is 5.78 Å². The molecule has 4 aromatic rings. The highest BCUT2D eigenvalue weighted by Crippen LogP contribution is 2.58. The molecule has 1 spiro atoms. The van der Waals surface area contributed by atoms with E-state index in [0.717, 1.165) is 5.69 Å². The first-order valence-corrected chi connectivity index (χ1v) is 14.0. The molecule has 4 heteroatoms. The van der Waals surface area contributed by atoms with Crippen LogP contribution in [0.5, 0.6) is 0 Å². The lowest BCUT2D eigenvalue weighted by Gasteiger charge is -2.49. The number of hydrogen-bond donors (Lipinski definition) is 0. The number of anilines is 1. The SMILES string of the molecule is Cc1ccc([C@@H]2[C@@H](c3ccc(C)cc3)C3(CC(=O)CCN3[C@H](C)c3ccccc3)ON2c2ccccc2)cc1. The van der Waals surface area contributed by atoms with Gasteiger partial charge in [-0.15, -0.1) is 0 Å². The van der Waals surface area contributed by atoms with Gasteiger partial charge in [0.15, 0.2) is 5.72 Å². The Morgan fingerprint density at radius 1 is 0.769 bits per heavy atom. The maximum atomic E-state index is 13.4. The minimum atomic E-state index is -0.842. The second kappa shape index (κ2) is 10.4. The Balaban J connectivity index is 1.58. The van der Waals surface area contributed by atoms with E-state index in [2.05, 4.69) is 122 Å². The maximum Gasteiger partial charge on any atom is 0.166 e. The average Bonchev–Trinajstić information content (AvgIpc) is 3.29. The number of hydroxylamine groups is 1. The zero-order valence-electron chi connectivity index (χ0n) is 23.0. The van der Waals surface area contributed by atoms with Gasteiger partial charge < -0.3 is 0 Å². The Hall–Kier alpha value is -3.73. The van der Waals surface area contributed by atoms with E-state index in [4.69, 9.17) is 4.84 Å². The van der Waals surface area contributed by atoms with Crippen molar-refractivity contribution in [1.29, 1.82) is 0 Å². The van der Waals surface area contributed by atoms with Crippen molar-refractivity contribution in [3.63, 3.8) is 0 Å². The maximum absolute atomic E-state index is 13.4. The van der Waals surface area contributed by atoms with Crippen molar-refractivity contribution >= 4 is 11.5 Å². The van der Waals surface area contributed by atoms with Crippen LogP contribution in [0.2, 0.25) is 0 Å². The number of carbonyl (C=O) groups is 1. The highest BCUT2D eigenvalue weighted by Gasteiger charge is 2.61. The third-order valence-electron chi connectivity index (χ3n) is 8.49. The molecule has 0 bridgehead atoms. The summed E-state index contributed by atoms with van der Waals surface area (Å²) in [5.41, 5.74) is 6.17. The fourth-order valence-electron chi connectivity index (χ4n) is 6.48. The number of carbonyl (C=O) groups excluding carboxylic acids is 1. The van der Waals surface area contributed by atoms with Crippen molar-refractivity contribution in [2.24, 2.45) is 0 Å². The van der Waals surface area contributed by atoms with Gasteiger partial charge in [-0.25, -0.2) is 9.90 Å². The van der Waals surface area contributed by atoms with E-state index < -0.39 is 5.72 Å². The summed E-state index contributed by atoms with van der Waals surface area (Å²) in [6.07, 6.45) is 0.873. The van der Waals surface area contributed by atoms with E-state index in [-0.39, 0.29) is 23.8 Å². The molecule has 2 saturated heterocycles. The van der Waals surface area contributed by atoms with Gasteiger partial charge in [-0.2, -0.15) is 0 Å². The molecule has 4 aromatic carbocycles. The summed E-state index contributed by atoms with van der Waals surface area (Å²) in [4.78, 5) is 23.1. The molecule has 0 amide bonds. The number of likely N-dealkylation sites (tertiary alicyclic amines) is 1. The lowest BCUT2D eigenvalue weighted by Crippen LogP contribution is -2.58. The zero-order chi connectivity index (χ0) is 27.0. The molecule has 198 valence electrons. The number of ketones is 1. The molecule has 0 N–H and O–H groups in total. The molecule has 6 rings (SSSR count). The van der Waals surface area contributed by atoms with Crippen molar-refractivity contribution in [3.8, 4) is 0 Å². The second-order valence-electron chi connectivity index (χ2n) is 11.1. The monoisotopic (exact) mass is 516 g/mol. The van der Waals surface area contributed by atoms with Crippen LogP contribution in [0.1, 0.15) is 65.6 Å². The fourth-order valence-corrected chi connectivity index (χ4v) is 6.48. The molecule has 0 radical (unpaired) electrons. The highest BCUT2D eigenvalue weighted by atomic mass is 16.7. The fraction of sp³-hybridized carbons (Fsp3) is 0.286. The number of piperidine rings is 1. The first-order valence-electron chi connectivity index (χ1n) is 14.0. The van der Waals surface area contributed by atoms with Crippen molar-refractivity contribution in [1.82, 2.24) is 4.90 Å². The molecule has 39 heavy (non-hydrogen) atoms. The minimum Gasteiger partial charge on any atom is -0.299 e. The van der Waals surface area contributed by atoms with Crippen molar-refractivity contribution in [2.75, 3.05) is 11.6 Å². The lowest BCUT2D eigenvalue weighted by atomic mass is 9.74. The van der Waals surface area contributed by atoms with Crippen LogP contribution in [0.3, 0.4) is 0 Å². The minimum absolute atomic E-state index is 0.0710. The number of para-hydroxylation sites is 1. The second-order valence-corrected chi connectivity index (χ2v) is 11.1. The molecular formula is C35H36N2O2. The summed E-state index contributed by atoms with van der Waals surface area (Å²) in [5.74, 6) is 0.151. The number of hydrogen-bond acceptors (Lipinski definition) is 4. The van der Waals surface area contributed by atoms with Gasteiger partial charge in [0.25, 0.3) is 0 Å². The summed E-state index contributed by atoms with van der Waals surface area (Å²) in [7, 11) is 0. The van der Waals surface area contributed by atoms with Crippen molar-refractivity contribution in [2.45, 2.75) is 57.3 Å². The van der Waals surface area contributed by atoms with E-state index in [9.17, 15) is 4.79 Å². The van der Waals surface area contributed by atoms with Gasteiger partial charge in [-0.1, -0.05) is 108 Å². The molecule has 2 aliphatic heterocycles. The molecule has 4 nitrogen and oxygen atoms in total. The summed E-state index contributed by atoms with van der Waals surface area (Å²) < 4.78 is 0. The Morgan fingerprint density at radius 3 is 1.95 bits per heavy atom. The Kier molecular flexibility index (Phi) is 6.84. The predicted molar refractivity (Wildman–Crippen MR) is 156 cm³/mol. The predicted octanol–water partition coefficient (Wildman–Crippen LogP) is 7.70. The Labute approximate surface area is 231 Å². The van der Waals surface area contributed by atoms with Gasteiger partial charge in [0, 0.05) is 19.0 Å². The van der Waals surface area contributed by atoms with Crippen LogP contribution < -0.4 is 5.06 Å². The van der Waals surface area contributed by atoms with Crippen LogP contribution in [-0.4, -0.2) is 23.0 Å². The molecule has 0 aromatic heterocycles. The highest BCUT2D eigenvalue weighted by molar-refractivity contribution is 5.81. The van der Waals surface area contributed by atoms with Crippen molar-refractivity contribution < 1.29 is 9.63 Å². The average molecular weight is 517 g/mol. The van der Waals surface area contributed by atoms with Gasteiger partial charge in [0.05, 0.1) is 24.1 Å². The summed E-state index contributed by atoms with van der Waals surface area (Å²) >= 11 is 0. The summed E-state index contributed by atoms with van der Waals surface area (Å²) in [5, 5.41) is 2.08. The van der Waals surface area contributed by atoms with Crippen LogP contribution in [-0.2, 0) is 9.63 Å². The van der Waals surface area contributed by atoms with Crippen molar-refractivity contribution in [3.05, 3.63) is 137 Å². The van der Waals surface area contributed by atoms with Crippen LogP contribution in [0.15, 0.2) is 109 Å². The molecule has 2 heterocycles. The number of rotatable bonds is 5. The van der Waals surface area contributed by atoms with E-state index in [0.29, 0.717) is 19.4 Å². The third-order valence-corrected chi connectivity index (χ3v) is 8.49. The van der Waals surface area contributed by atoms with Gasteiger partial charge in [0.2, 0.25) is 0 Å². The lowest BCUT2D eigenvalue weighted by molar-refractivity contribution is -0.180. The smallest absolute Gasteiger partial charge is 0.166 e. The molecular weight excluding hydrogens is 480 g/mol. The molecule has 0 aliphatic carbocycles. The standard InChI is InChI=1S/C35H36N2O2/c1-25-14-18-29(19-15-25)33-34(30-20-16-26(2)17-21-30)37(31-12-8-5-9-13-31)39-35(33)24-32(38)22-23-36(35)27(3)28-10-6-4-7-11-28/h4-21,27,33-34H,22-24H2,1-3H3/t27-,33-,34-,35?/m1/s1. The van der Waals surface area contributed by atoms with Gasteiger partial charge in [-0.3, -0.25) is 9.69 Å². The quantitative estimate of drug-likeness (QED) is 0.272. The molecule has 1 unspecified atom stereocenters. The first-order chi connectivity index (χ1) is 19.0. The van der Waals surface area contributed by atoms with Crippen LogP contribution in [0.4, 0.5) is 5.69 Å². The Bertz CT molecular complexity index is 1420. The molecule has 2 fully saturated rings. The van der Waals surface area contributed by atoms with E-state index >= 15 is 0 Å². The van der Waals surface area contributed by atoms with E-state index in [1.54, 1.807) is 0 Å². The number of benzene rings is 4. The zero-order valence-corrected chi connectivity index (χ0v) is 23.0. The first kappa shape index (κ1) is 25.5. The van der Waals surface area contributed by atoms with Crippen LogP contribution in [0, 0.1) is 13.8 Å². The van der Waals surface area contributed by atoms with E-state index in [1.165, 1.54) is 27.8 Å². The Morgan fingerprint density at radius 2 is 1.33 bits per heavy atom. The number of Topliss-reactive ketones (excluding diaryl/α,β-unsaturated/α-hetero) is 1. The van der Waals surface area contributed by atoms with E-state index in [1.807, 2.05) is 18.2 Å².